The van der Waals surface area contributed by atoms with E-state index in [2.05, 4.69) is 68.4 Å². The van der Waals surface area contributed by atoms with E-state index in [0.717, 1.165) is 44.0 Å². The van der Waals surface area contributed by atoms with Gasteiger partial charge in [-0.1, -0.05) is 42.5 Å². The van der Waals surface area contributed by atoms with Crippen LogP contribution in [0.2, 0.25) is 0 Å². The molecule has 2 aromatic carbocycles. The van der Waals surface area contributed by atoms with Crippen LogP contribution in [0.3, 0.4) is 0 Å². The summed E-state index contributed by atoms with van der Waals surface area (Å²) in [6.07, 6.45) is 7.53. The molecule has 1 aliphatic carbocycles. The van der Waals surface area contributed by atoms with Crippen LogP contribution >= 0.6 is 11.8 Å². The molecule has 1 aromatic heterocycles. The van der Waals surface area contributed by atoms with Gasteiger partial charge < -0.3 is 10.6 Å². The number of fused-ring (bicyclic) bond motifs is 1. The van der Waals surface area contributed by atoms with Gasteiger partial charge in [0.15, 0.2) is 0 Å². The minimum Gasteiger partial charge on any atom is -0.351 e. The zero-order chi connectivity index (χ0) is 22.6. The highest BCUT2D eigenvalue weighted by Crippen LogP contribution is 2.26. The number of rotatable bonds is 6. The van der Waals surface area contributed by atoms with Crippen LogP contribution in [0.15, 0.2) is 59.6 Å². The lowest BCUT2D eigenvalue weighted by atomic mass is 9.91. The quantitative estimate of drug-likeness (QED) is 0.468. The number of aromatic nitrogens is 2. The van der Waals surface area contributed by atoms with Crippen LogP contribution in [0.25, 0.3) is 16.8 Å². The molecule has 33 heavy (non-hydrogen) atoms. The molecular weight excluding hydrogens is 434 g/mol. The number of hydrogen-bond donors (Lipinski definition) is 3. The lowest BCUT2D eigenvalue weighted by Crippen LogP contribution is -2.36. The molecule has 168 valence electrons. The number of nitrogens with one attached hydrogen (secondary N) is 3. The van der Waals surface area contributed by atoms with Crippen LogP contribution in [0.4, 0.5) is 10.7 Å². The molecule has 0 unspecified atom stereocenters. The number of carbonyl (C=O) groups is 2. The van der Waals surface area contributed by atoms with Gasteiger partial charge in [0.2, 0.25) is 5.95 Å². The van der Waals surface area contributed by atoms with E-state index >= 15 is 0 Å². The summed E-state index contributed by atoms with van der Waals surface area (Å²) in [6, 6.07) is 17.5. The van der Waals surface area contributed by atoms with Crippen LogP contribution in [0.5, 0.6) is 0 Å². The molecule has 0 spiro atoms. The van der Waals surface area contributed by atoms with Crippen molar-refractivity contribution in [2.24, 2.45) is 0 Å². The number of anilines is 1. The molecule has 0 radical (unpaired) electrons. The van der Waals surface area contributed by atoms with E-state index in [9.17, 15) is 9.59 Å². The summed E-state index contributed by atoms with van der Waals surface area (Å²) in [5.41, 5.74) is 1.94. The molecule has 3 N–H and O–H groups in total. The average molecular weight is 460 g/mol. The van der Waals surface area contributed by atoms with Gasteiger partial charge >= 0.3 is 0 Å². The average Bonchev–Trinajstić information content (AvgIpc) is 3.15. The lowest BCUT2D eigenvalue weighted by molar-refractivity contribution is -0.115. The Kier molecular flexibility index (Phi) is 6.37. The highest BCUT2D eigenvalue weighted by Gasteiger charge is 2.25. The minimum atomic E-state index is -0.382. The minimum absolute atomic E-state index is 0.314. The Balaban J connectivity index is 1.14. The van der Waals surface area contributed by atoms with Crippen molar-refractivity contribution in [3.63, 3.8) is 0 Å². The van der Waals surface area contributed by atoms with Crippen molar-refractivity contribution in [3.05, 3.63) is 70.9 Å². The van der Waals surface area contributed by atoms with Crippen LogP contribution < -0.4 is 16.0 Å². The maximum Gasteiger partial charge on any atom is 0.290 e. The molecule has 2 heterocycles. The van der Waals surface area contributed by atoms with E-state index in [-0.39, 0.29) is 11.1 Å². The Labute approximate surface area is 196 Å². The maximum atomic E-state index is 11.7. The van der Waals surface area contributed by atoms with E-state index in [1.54, 1.807) is 18.3 Å². The van der Waals surface area contributed by atoms with Gasteiger partial charge in [0.25, 0.3) is 11.1 Å². The second-order valence-corrected chi connectivity index (χ2v) is 9.38. The second kappa shape index (κ2) is 9.72. The number of thioether (sulfide) groups is 1. The van der Waals surface area contributed by atoms with E-state index < -0.39 is 0 Å². The summed E-state index contributed by atoms with van der Waals surface area (Å²) in [6.45, 7) is 0.873. The predicted molar refractivity (Wildman–Crippen MR) is 132 cm³/mol. The molecular formula is C25H25N5O2S. The standard InChI is InChI=1S/C25H25N5O2S/c31-23-22(33-25(32)30-23)14-20-12-13-26-24(29-20)28-19-10-8-18(9-11-19)27-15-17-6-3-5-16-4-1-2-7-21(16)17/h1-7,12-14,18-19,27H,8-11,15H2,(H,26,28,29)(H,30,31,32). The first-order valence-corrected chi connectivity index (χ1v) is 12.0. The van der Waals surface area contributed by atoms with Crippen molar-refractivity contribution >= 4 is 45.7 Å². The first-order valence-electron chi connectivity index (χ1n) is 11.2. The number of benzene rings is 2. The fraction of sp³-hybridized carbons (Fsp3) is 0.280. The number of nitrogens with zero attached hydrogens (tertiary/aromatic N) is 2. The number of carbonyl (C=O) groups excluding carboxylic acids is 2. The molecule has 1 aliphatic heterocycles. The maximum absolute atomic E-state index is 11.7. The van der Waals surface area contributed by atoms with Gasteiger partial charge in [-0.3, -0.25) is 14.9 Å². The van der Waals surface area contributed by atoms with E-state index in [1.165, 1.54) is 16.3 Å². The van der Waals surface area contributed by atoms with Crippen molar-refractivity contribution in [1.82, 2.24) is 20.6 Å². The van der Waals surface area contributed by atoms with Gasteiger partial charge in [-0.15, -0.1) is 0 Å². The summed E-state index contributed by atoms with van der Waals surface area (Å²) >= 11 is 0.887. The van der Waals surface area contributed by atoms with Crippen LogP contribution in [-0.4, -0.2) is 33.2 Å². The van der Waals surface area contributed by atoms with Gasteiger partial charge in [0.05, 0.1) is 10.6 Å². The molecule has 0 bridgehead atoms. The van der Waals surface area contributed by atoms with Crippen LogP contribution in [0.1, 0.15) is 36.9 Å². The summed E-state index contributed by atoms with van der Waals surface area (Å²) in [7, 11) is 0. The normalized spacial score (nSPS) is 22.0. The first kappa shape index (κ1) is 21.6. The van der Waals surface area contributed by atoms with Gasteiger partial charge in [0.1, 0.15) is 0 Å². The third-order valence-corrected chi connectivity index (χ3v) is 6.93. The van der Waals surface area contributed by atoms with E-state index in [4.69, 9.17) is 0 Å². The monoisotopic (exact) mass is 459 g/mol. The van der Waals surface area contributed by atoms with E-state index in [0.29, 0.717) is 28.6 Å². The highest BCUT2D eigenvalue weighted by molar-refractivity contribution is 8.18. The molecule has 1 saturated heterocycles. The molecule has 8 heteroatoms. The zero-order valence-corrected chi connectivity index (χ0v) is 18.9. The summed E-state index contributed by atoms with van der Waals surface area (Å²) in [5, 5.41) is 11.7. The SMILES string of the molecule is O=C1NC(=O)C(=Cc2ccnc(NC3CCC(NCc4cccc5ccccc45)CC3)n2)S1. The fourth-order valence-corrected chi connectivity index (χ4v) is 5.07. The number of imide groups is 1. The number of amides is 2. The third-order valence-electron chi connectivity index (χ3n) is 6.12. The highest BCUT2D eigenvalue weighted by atomic mass is 32.2. The molecule has 5 rings (SSSR count). The van der Waals surface area contributed by atoms with Gasteiger partial charge in [-0.2, -0.15) is 0 Å². The zero-order valence-electron chi connectivity index (χ0n) is 18.1. The Morgan fingerprint density at radius 2 is 1.79 bits per heavy atom. The van der Waals surface area contributed by atoms with Gasteiger partial charge in [-0.25, -0.2) is 9.97 Å². The summed E-state index contributed by atoms with van der Waals surface area (Å²) in [5.74, 6) is 0.165. The largest absolute Gasteiger partial charge is 0.351 e. The van der Waals surface area contributed by atoms with Crippen LogP contribution in [-0.2, 0) is 11.3 Å². The van der Waals surface area contributed by atoms with Crippen molar-refractivity contribution in [1.29, 1.82) is 0 Å². The molecule has 1 saturated carbocycles. The number of hydrogen-bond acceptors (Lipinski definition) is 7. The smallest absolute Gasteiger partial charge is 0.290 e. The predicted octanol–water partition coefficient (Wildman–Crippen LogP) is 4.47. The molecule has 2 aliphatic rings. The first-order chi connectivity index (χ1) is 16.1. The van der Waals surface area contributed by atoms with E-state index in [1.807, 2.05) is 0 Å². The Hall–Kier alpha value is -3.23. The van der Waals surface area contributed by atoms with Crippen molar-refractivity contribution in [3.8, 4) is 0 Å². The second-order valence-electron chi connectivity index (χ2n) is 8.37. The van der Waals surface area contributed by atoms with Crippen molar-refractivity contribution < 1.29 is 9.59 Å². The summed E-state index contributed by atoms with van der Waals surface area (Å²) < 4.78 is 0. The van der Waals surface area contributed by atoms with Crippen molar-refractivity contribution in [2.45, 2.75) is 44.3 Å². The molecule has 3 aromatic rings. The lowest BCUT2D eigenvalue weighted by Gasteiger charge is -2.30. The molecule has 7 nitrogen and oxygen atoms in total. The fourth-order valence-electron chi connectivity index (χ4n) is 4.40. The van der Waals surface area contributed by atoms with Crippen LogP contribution in [0, 0.1) is 0 Å². The molecule has 2 amide bonds. The topological polar surface area (TPSA) is 96.0 Å². The third kappa shape index (κ3) is 5.23. The molecule has 2 fully saturated rings. The Morgan fingerprint density at radius 1 is 1.00 bits per heavy atom. The molecule has 0 atom stereocenters. The van der Waals surface area contributed by atoms with Gasteiger partial charge in [0, 0.05) is 24.8 Å². The summed E-state index contributed by atoms with van der Waals surface area (Å²) in [4.78, 5) is 32.2. The Bertz CT molecular complexity index is 1210. The Morgan fingerprint density at radius 3 is 2.61 bits per heavy atom. The van der Waals surface area contributed by atoms with Gasteiger partial charge in [-0.05, 0) is 65.9 Å². The van der Waals surface area contributed by atoms with Crippen molar-refractivity contribution in [2.75, 3.05) is 5.32 Å².